The second-order valence-electron chi connectivity index (χ2n) is 6.45. The number of methoxy groups -OCH3 is 2. The minimum absolute atomic E-state index is 0.0416. The van der Waals surface area contributed by atoms with Gasteiger partial charge in [-0.1, -0.05) is 6.07 Å². The molecule has 3 N–H and O–H groups in total. The molecule has 1 aliphatic heterocycles. The van der Waals surface area contributed by atoms with Crippen LogP contribution >= 0.6 is 0 Å². The van der Waals surface area contributed by atoms with Crippen molar-refractivity contribution in [3.63, 3.8) is 0 Å². The van der Waals surface area contributed by atoms with Crippen LogP contribution in [-0.2, 0) is 15.9 Å². The van der Waals surface area contributed by atoms with Crippen molar-refractivity contribution in [2.75, 3.05) is 30.2 Å². The molecule has 0 saturated heterocycles. The highest BCUT2D eigenvalue weighted by Gasteiger charge is 2.30. The van der Waals surface area contributed by atoms with Crippen LogP contribution in [0.4, 0.5) is 27.5 Å². The zero-order valence-electron chi connectivity index (χ0n) is 15.6. The van der Waals surface area contributed by atoms with E-state index in [4.69, 9.17) is 15.2 Å². The van der Waals surface area contributed by atoms with E-state index in [2.05, 4.69) is 5.32 Å². The lowest BCUT2D eigenvalue weighted by molar-refractivity contribution is 0.0600. The minimum Gasteiger partial charge on any atom is -0.465 e. The Morgan fingerprint density at radius 1 is 1.19 bits per heavy atom. The van der Waals surface area contributed by atoms with Crippen LogP contribution in [0.15, 0.2) is 36.4 Å². The summed E-state index contributed by atoms with van der Waals surface area (Å²) in [4.78, 5) is 25.5. The fourth-order valence-electron chi connectivity index (χ4n) is 3.34. The first kappa shape index (κ1) is 18.6. The summed E-state index contributed by atoms with van der Waals surface area (Å²) in [7, 11) is 2.72. The lowest BCUT2D eigenvalue weighted by Crippen LogP contribution is -2.42. The maximum absolute atomic E-state index is 12.2. The molecule has 1 amide bonds. The van der Waals surface area contributed by atoms with Gasteiger partial charge in [0, 0.05) is 17.3 Å². The molecule has 0 radical (unpaired) electrons. The lowest BCUT2D eigenvalue weighted by atomic mass is 9.94. The van der Waals surface area contributed by atoms with Crippen molar-refractivity contribution in [1.29, 1.82) is 0 Å². The number of carbonyl (C=O) groups excluding carboxylic acids is 2. The van der Waals surface area contributed by atoms with E-state index in [1.54, 1.807) is 23.1 Å². The summed E-state index contributed by atoms with van der Waals surface area (Å²) in [6, 6.07) is 10.7. The number of nitrogen functional groups attached to an aromatic ring is 1. The van der Waals surface area contributed by atoms with Gasteiger partial charge in [0.1, 0.15) is 0 Å². The van der Waals surface area contributed by atoms with Crippen LogP contribution in [0.25, 0.3) is 0 Å². The van der Waals surface area contributed by atoms with Crippen molar-refractivity contribution in [2.45, 2.75) is 25.8 Å². The van der Waals surface area contributed by atoms with E-state index < -0.39 is 12.1 Å². The highest BCUT2D eigenvalue weighted by molar-refractivity contribution is 5.94. The van der Waals surface area contributed by atoms with Crippen molar-refractivity contribution in [3.8, 4) is 0 Å². The maximum Gasteiger partial charge on any atom is 0.414 e. The van der Waals surface area contributed by atoms with E-state index in [0.717, 1.165) is 35.5 Å². The quantitative estimate of drug-likeness (QED) is 0.633. The number of fused-ring (bicyclic) bond motifs is 1. The molecule has 1 heterocycles. The summed E-state index contributed by atoms with van der Waals surface area (Å²) >= 11 is 0. The fourth-order valence-corrected chi connectivity index (χ4v) is 3.34. The zero-order valence-corrected chi connectivity index (χ0v) is 15.6. The molecule has 2 aromatic rings. The molecule has 1 aliphatic rings. The number of hydrogen-bond donors (Lipinski definition) is 2. The van der Waals surface area contributed by atoms with Gasteiger partial charge in [-0.3, -0.25) is 4.90 Å². The van der Waals surface area contributed by atoms with Gasteiger partial charge < -0.3 is 20.5 Å². The van der Waals surface area contributed by atoms with Crippen LogP contribution in [0.2, 0.25) is 0 Å². The number of esters is 1. The van der Waals surface area contributed by atoms with E-state index in [1.165, 1.54) is 14.2 Å². The Morgan fingerprint density at radius 2 is 1.96 bits per heavy atom. The molecule has 7 nitrogen and oxygen atoms in total. The van der Waals surface area contributed by atoms with Gasteiger partial charge in [0.25, 0.3) is 0 Å². The summed E-state index contributed by atoms with van der Waals surface area (Å²) in [6.45, 7) is 1.99. The van der Waals surface area contributed by atoms with Crippen molar-refractivity contribution in [2.24, 2.45) is 0 Å². The average molecular weight is 369 g/mol. The van der Waals surface area contributed by atoms with Crippen LogP contribution in [0, 0.1) is 0 Å². The van der Waals surface area contributed by atoms with Crippen molar-refractivity contribution >= 4 is 34.8 Å². The number of carbonyl (C=O) groups is 2. The second-order valence-corrected chi connectivity index (χ2v) is 6.45. The topological polar surface area (TPSA) is 93.9 Å². The standard InChI is InChI=1S/C20H23N3O4/c1-12-7-8-15-17(23(12)20(25)27-3)10-9-16(18(15)21)22-14-6-4-5-13(11-14)19(24)26-2/h4-6,9-12,22H,7-8,21H2,1-3H3/t12-/m0/s1. The molecule has 27 heavy (non-hydrogen) atoms. The molecule has 3 rings (SSSR count). The molecule has 0 unspecified atom stereocenters. The summed E-state index contributed by atoms with van der Waals surface area (Å²) in [5, 5.41) is 3.24. The number of ether oxygens (including phenoxy) is 2. The van der Waals surface area contributed by atoms with Crippen LogP contribution in [0.5, 0.6) is 0 Å². The average Bonchev–Trinajstić information content (AvgIpc) is 2.69. The van der Waals surface area contributed by atoms with Gasteiger partial charge in [0.2, 0.25) is 0 Å². The van der Waals surface area contributed by atoms with E-state index in [-0.39, 0.29) is 6.04 Å². The number of nitrogens with zero attached hydrogens (tertiary/aromatic N) is 1. The summed E-state index contributed by atoms with van der Waals surface area (Å²) in [5.41, 5.74) is 10.5. The molecule has 0 fully saturated rings. The van der Waals surface area contributed by atoms with E-state index >= 15 is 0 Å². The van der Waals surface area contributed by atoms with E-state index in [9.17, 15) is 9.59 Å². The maximum atomic E-state index is 12.2. The van der Waals surface area contributed by atoms with Crippen LogP contribution in [-0.4, -0.2) is 32.3 Å². The smallest absolute Gasteiger partial charge is 0.414 e. The number of nitrogens with one attached hydrogen (secondary N) is 1. The number of amides is 1. The molecule has 0 bridgehead atoms. The Hall–Kier alpha value is -3.22. The fraction of sp³-hybridized carbons (Fsp3) is 0.300. The molecule has 0 aliphatic carbocycles. The van der Waals surface area contributed by atoms with E-state index in [1.807, 2.05) is 25.1 Å². The second kappa shape index (κ2) is 7.57. The Morgan fingerprint density at radius 3 is 2.67 bits per heavy atom. The minimum atomic E-state index is -0.403. The predicted octanol–water partition coefficient (Wildman–Crippen LogP) is 3.71. The third-order valence-corrected chi connectivity index (χ3v) is 4.78. The Balaban J connectivity index is 1.94. The molecule has 2 aromatic carbocycles. The number of anilines is 4. The van der Waals surface area contributed by atoms with Gasteiger partial charge in [0.15, 0.2) is 0 Å². The molecule has 7 heteroatoms. The molecule has 0 spiro atoms. The Bertz CT molecular complexity index is 882. The predicted molar refractivity (Wildman–Crippen MR) is 105 cm³/mol. The number of benzene rings is 2. The molecular formula is C20H23N3O4. The van der Waals surface area contributed by atoms with Gasteiger partial charge >= 0.3 is 12.1 Å². The van der Waals surface area contributed by atoms with Crippen LogP contribution < -0.4 is 16.0 Å². The SMILES string of the molecule is COC(=O)c1cccc(Nc2ccc3c(c2N)CC[C@H](C)N3C(=O)OC)c1. The summed E-state index contributed by atoms with van der Waals surface area (Å²) in [6.07, 6.45) is 1.18. The third kappa shape index (κ3) is 3.53. The summed E-state index contributed by atoms with van der Waals surface area (Å²) < 4.78 is 9.67. The van der Waals surface area contributed by atoms with Gasteiger partial charge in [-0.15, -0.1) is 0 Å². The molecule has 0 saturated carbocycles. The summed E-state index contributed by atoms with van der Waals surface area (Å²) in [5.74, 6) is -0.403. The third-order valence-electron chi connectivity index (χ3n) is 4.78. The first-order valence-electron chi connectivity index (χ1n) is 8.70. The van der Waals surface area contributed by atoms with Gasteiger partial charge in [0.05, 0.1) is 36.8 Å². The van der Waals surface area contributed by atoms with Crippen molar-refractivity contribution in [3.05, 3.63) is 47.5 Å². The largest absolute Gasteiger partial charge is 0.465 e. The van der Waals surface area contributed by atoms with Crippen LogP contribution in [0.3, 0.4) is 0 Å². The highest BCUT2D eigenvalue weighted by Crippen LogP contribution is 2.39. The monoisotopic (exact) mass is 369 g/mol. The Labute approximate surface area is 158 Å². The lowest BCUT2D eigenvalue weighted by Gasteiger charge is -2.35. The zero-order chi connectivity index (χ0) is 19.6. The molecular weight excluding hydrogens is 346 g/mol. The number of rotatable bonds is 3. The van der Waals surface area contributed by atoms with Gasteiger partial charge in [-0.05, 0) is 50.1 Å². The van der Waals surface area contributed by atoms with Crippen LogP contribution in [0.1, 0.15) is 29.3 Å². The molecule has 1 atom stereocenters. The first-order chi connectivity index (χ1) is 13.0. The Kier molecular flexibility index (Phi) is 5.21. The van der Waals surface area contributed by atoms with E-state index in [0.29, 0.717) is 11.3 Å². The highest BCUT2D eigenvalue weighted by atomic mass is 16.5. The van der Waals surface area contributed by atoms with Crippen molar-refractivity contribution in [1.82, 2.24) is 0 Å². The molecule has 142 valence electrons. The normalized spacial score (nSPS) is 15.7. The molecule has 0 aromatic heterocycles. The number of nitrogens with two attached hydrogens (primary N) is 1. The van der Waals surface area contributed by atoms with Gasteiger partial charge in [-0.2, -0.15) is 0 Å². The van der Waals surface area contributed by atoms with Crippen molar-refractivity contribution < 1.29 is 19.1 Å². The number of hydrogen-bond acceptors (Lipinski definition) is 6. The first-order valence-corrected chi connectivity index (χ1v) is 8.70. The van der Waals surface area contributed by atoms with Gasteiger partial charge in [-0.25, -0.2) is 9.59 Å².